The lowest BCUT2D eigenvalue weighted by atomic mass is 9.95. The highest BCUT2D eigenvalue weighted by molar-refractivity contribution is 5.45. The van der Waals surface area contributed by atoms with E-state index in [0.29, 0.717) is 19.1 Å². The van der Waals surface area contributed by atoms with Gasteiger partial charge < -0.3 is 19.5 Å². The average molecular weight is 327 g/mol. The third kappa shape index (κ3) is 3.65. The monoisotopic (exact) mass is 327 g/mol. The molecule has 128 valence electrons. The first-order valence-electron chi connectivity index (χ1n) is 8.44. The molecule has 1 aliphatic rings. The molecule has 0 radical (unpaired) electrons. The number of hydrogen-bond donors (Lipinski definition) is 1. The van der Waals surface area contributed by atoms with Crippen molar-refractivity contribution in [2.75, 3.05) is 20.3 Å². The Labute approximate surface area is 143 Å². The van der Waals surface area contributed by atoms with E-state index in [4.69, 9.17) is 14.2 Å². The van der Waals surface area contributed by atoms with Gasteiger partial charge in [0, 0.05) is 18.2 Å². The molecule has 1 atom stereocenters. The zero-order valence-corrected chi connectivity index (χ0v) is 14.5. The Morgan fingerprint density at radius 1 is 1.04 bits per heavy atom. The van der Waals surface area contributed by atoms with Gasteiger partial charge in [-0.25, -0.2) is 0 Å². The summed E-state index contributed by atoms with van der Waals surface area (Å²) >= 11 is 0. The van der Waals surface area contributed by atoms with Gasteiger partial charge in [-0.3, -0.25) is 0 Å². The van der Waals surface area contributed by atoms with Crippen LogP contribution in [0.4, 0.5) is 0 Å². The van der Waals surface area contributed by atoms with Crippen molar-refractivity contribution in [3.05, 3.63) is 53.6 Å². The number of hydrogen-bond acceptors (Lipinski definition) is 4. The Hall–Kier alpha value is -2.20. The fourth-order valence-corrected chi connectivity index (χ4v) is 3.06. The van der Waals surface area contributed by atoms with Crippen LogP contribution in [0.1, 0.15) is 31.0 Å². The SMILES string of the molecule is COc1ccccc1CNC(c1ccc2c(c1)OCCO2)C(C)C. The molecule has 0 aromatic heterocycles. The maximum atomic E-state index is 5.72. The van der Waals surface area contributed by atoms with E-state index < -0.39 is 0 Å². The summed E-state index contributed by atoms with van der Waals surface area (Å²) in [5.41, 5.74) is 2.37. The van der Waals surface area contributed by atoms with Gasteiger partial charge in [0.2, 0.25) is 0 Å². The Morgan fingerprint density at radius 2 is 1.79 bits per heavy atom. The number of ether oxygens (including phenoxy) is 3. The van der Waals surface area contributed by atoms with E-state index in [2.05, 4.69) is 37.4 Å². The Morgan fingerprint density at radius 3 is 2.54 bits per heavy atom. The van der Waals surface area contributed by atoms with E-state index in [9.17, 15) is 0 Å². The maximum Gasteiger partial charge on any atom is 0.161 e. The van der Waals surface area contributed by atoms with Gasteiger partial charge in [0.05, 0.1) is 7.11 Å². The molecule has 24 heavy (non-hydrogen) atoms. The van der Waals surface area contributed by atoms with Crippen molar-refractivity contribution in [2.45, 2.75) is 26.4 Å². The summed E-state index contributed by atoms with van der Waals surface area (Å²) in [6, 6.07) is 14.5. The summed E-state index contributed by atoms with van der Waals surface area (Å²) in [6.45, 7) is 6.41. The lowest BCUT2D eigenvalue weighted by Gasteiger charge is -2.26. The van der Waals surface area contributed by atoms with Gasteiger partial charge in [0.25, 0.3) is 0 Å². The summed E-state index contributed by atoms with van der Waals surface area (Å²) < 4.78 is 16.8. The summed E-state index contributed by atoms with van der Waals surface area (Å²) in [4.78, 5) is 0. The molecule has 0 saturated heterocycles. The van der Waals surface area contributed by atoms with Crippen LogP contribution in [0.2, 0.25) is 0 Å². The predicted molar refractivity (Wildman–Crippen MR) is 94.8 cm³/mol. The molecule has 2 aromatic carbocycles. The third-order valence-electron chi connectivity index (χ3n) is 4.30. The molecule has 1 unspecified atom stereocenters. The number of fused-ring (bicyclic) bond motifs is 1. The van der Waals surface area contributed by atoms with E-state index in [1.54, 1.807) is 7.11 Å². The topological polar surface area (TPSA) is 39.7 Å². The van der Waals surface area contributed by atoms with Crippen LogP contribution in [0.3, 0.4) is 0 Å². The summed E-state index contributed by atoms with van der Waals surface area (Å²) in [5.74, 6) is 3.03. The molecule has 2 aromatic rings. The average Bonchev–Trinajstić information content (AvgIpc) is 2.62. The molecular weight excluding hydrogens is 302 g/mol. The number of benzene rings is 2. The van der Waals surface area contributed by atoms with Crippen molar-refractivity contribution >= 4 is 0 Å². The van der Waals surface area contributed by atoms with Crippen molar-refractivity contribution in [3.8, 4) is 17.2 Å². The molecular formula is C20H25NO3. The molecule has 0 saturated carbocycles. The lowest BCUT2D eigenvalue weighted by Crippen LogP contribution is -2.26. The van der Waals surface area contributed by atoms with E-state index in [0.717, 1.165) is 29.4 Å². The van der Waals surface area contributed by atoms with Gasteiger partial charge in [0.1, 0.15) is 19.0 Å². The van der Waals surface area contributed by atoms with Gasteiger partial charge in [-0.1, -0.05) is 38.1 Å². The van der Waals surface area contributed by atoms with Gasteiger partial charge >= 0.3 is 0 Å². The quantitative estimate of drug-likeness (QED) is 0.872. The first-order chi connectivity index (χ1) is 11.7. The number of para-hydroxylation sites is 1. The van der Waals surface area contributed by atoms with Gasteiger partial charge in [0.15, 0.2) is 11.5 Å². The van der Waals surface area contributed by atoms with Crippen LogP contribution in [0.25, 0.3) is 0 Å². The summed E-state index contributed by atoms with van der Waals surface area (Å²) in [5, 5.41) is 3.66. The first-order valence-corrected chi connectivity index (χ1v) is 8.44. The van der Waals surface area contributed by atoms with Crippen LogP contribution in [-0.4, -0.2) is 20.3 Å². The Kier molecular flexibility index (Phi) is 5.26. The lowest BCUT2D eigenvalue weighted by molar-refractivity contribution is 0.171. The van der Waals surface area contributed by atoms with E-state index in [1.807, 2.05) is 24.3 Å². The van der Waals surface area contributed by atoms with Crippen molar-refractivity contribution in [1.29, 1.82) is 0 Å². The van der Waals surface area contributed by atoms with Crippen molar-refractivity contribution in [3.63, 3.8) is 0 Å². The van der Waals surface area contributed by atoms with Crippen molar-refractivity contribution in [2.24, 2.45) is 5.92 Å². The molecule has 3 rings (SSSR count). The van der Waals surface area contributed by atoms with E-state index >= 15 is 0 Å². The highest BCUT2D eigenvalue weighted by Gasteiger charge is 2.19. The first kappa shape index (κ1) is 16.7. The largest absolute Gasteiger partial charge is 0.496 e. The smallest absolute Gasteiger partial charge is 0.161 e. The molecule has 0 spiro atoms. The summed E-state index contributed by atoms with van der Waals surface area (Å²) in [7, 11) is 1.71. The molecule has 0 bridgehead atoms. The summed E-state index contributed by atoms with van der Waals surface area (Å²) in [6.07, 6.45) is 0. The molecule has 4 heteroatoms. The second kappa shape index (κ2) is 7.58. The van der Waals surface area contributed by atoms with Gasteiger partial charge in [-0.15, -0.1) is 0 Å². The highest BCUT2D eigenvalue weighted by Crippen LogP contribution is 2.34. The van der Waals surface area contributed by atoms with Crippen LogP contribution in [0.15, 0.2) is 42.5 Å². The van der Waals surface area contributed by atoms with E-state index in [-0.39, 0.29) is 6.04 Å². The predicted octanol–water partition coefficient (Wildman–Crippen LogP) is 3.95. The minimum absolute atomic E-state index is 0.228. The number of nitrogens with one attached hydrogen (secondary N) is 1. The second-order valence-corrected chi connectivity index (χ2v) is 6.32. The zero-order chi connectivity index (χ0) is 16.9. The maximum absolute atomic E-state index is 5.72. The number of rotatable bonds is 6. The van der Waals surface area contributed by atoms with Gasteiger partial charge in [-0.2, -0.15) is 0 Å². The minimum Gasteiger partial charge on any atom is -0.496 e. The zero-order valence-electron chi connectivity index (χ0n) is 14.5. The number of methoxy groups -OCH3 is 1. The Balaban J connectivity index is 1.77. The molecule has 0 aliphatic carbocycles. The van der Waals surface area contributed by atoms with Crippen LogP contribution in [-0.2, 0) is 6.54 Å². The normalized spacial score (nSPS) is 14.5. The van der Waals surface area contributed by atoms with Crippen LogP contribution < -0.4 is 19.5 Å². The molecule has 0 fully saturated rings. The molecule has 1 aliphatic heterocycles. The Bertz CT molecular complexity index is 684. The molecule has 1 N–H and O–H groups in total. The molecule has 1 heterocycles. The van der Waals surface area contributed by atoms with Gasteiger partial charge in [-0.05, 0) is 29.7 Å². The fraction of sp³-hybridized carbons (Fsp3) is 0.400. The van der Waals surface area contributed by atoms with Crippen molar-refractivity contribution in [1.82, 2.24) is 5.32 Å². The highest BCUT2D eigenvalue weighted by atomic mass is 16.6. The van der Waals surface area contributed by atoms with Crippen LogP contribution in [0, 0.1) is 5.92 Å². The van der Waals surface area contributed by atoms with Crippen LogP contribution in [0.5, 0.6) is 17.2 Å². The third-order valence-corrected chi connectivity index (χ3v) is 4.30. The molecule has 4 nitrogen and oxygen atoms in total. The minimum atomic E-state index is 0.228. The fourth-order valence-electron chi connectivity index (χ4n) is 3.06. The second-order valence-electron chi connectivity index (χ2n) is 6.32. The van der Waals surface area contributed by atoms with Crippen molar-refractivity contribution < 1.29 is 14.2 Å². The van der Waals surface area contributed by atoms with E-state index in [1.165, 1.54) is 5.56 Å². The molecule has 0 amide bonds. The van der Waals surface area contributed by atoms with Crippen LogP contribution >= 0.6 is 0 Å². The standard InChI is InChI=1S/C20H25NO3/c1-14(2)20(21-13-16-6-4-5-7-17(16)22-3)15-8-9-18-19(12-15)24-11-10-23-18/h4-9,12,14,20-21H,10-11,13H2,1-3H3.